The minimum Gasteiger partial charge on any atom is -0.422 e. The van der Waals surface area contributed by atoms with E-state index in [1.807, 2.05) is 61.5 Å². The molecule has 0 fully saturated rings. The molecule has 0 saturated heterocycles. The van der Waals surface area contributed by atoms with Crippen LogP contribution in [0.5, 0.6) is 5.75 Å². The standard InChI is InChI=1S/C18H14O2/c1-13-11-12-17(16-10-6-5-9-15(13)16)20-18(19)14-7-3-2-4-8-14/h2-12H,1H3. The van der Waals surface area contributed by atoms with Gasteiger partial charge < -0.3 is 4.74 Å². The zero-order valence-corrected chi connectivity index (χ0v) is 11.2. The Bertz CT molecular complexity index is 761. The van der Waals surface area contributed by atoms with Crippen molar-refractivity contribution in [1.82, 2.24) is 0 Å². The molecular weight excluding hydrogens is 248 g/mol. The number of benzene rings is 3. The van der Waals surface area contributed by atoms with Gasteiger partial charge in [-0.3, -0.25) is 0 Å². The van der Waals surface area contributed by atoms with E-state index in [0.717, 1.165) is 10.8 Å². The van der Waals surface area contributed by atoms with Gasteiger partial charge in [-0.05, 0) is 36.1 Å². The quantitative estimate of drug-likeness (QED) is 0.506. The van der Waals surface area contributed by atoms with Gasteiger partial charge in [0.25, 0.3) is 0 Å². The van der Waals surface area contributed by atoms with Gasteiger partial charge in [0, 0.05) is 5.39 Å². The van der Waals surface area contributed by atoms with Gasteiger partial charge in [-0.1, -0.05) is 48.5 Å². The van der Waals surface area contributed by atoms with Gasteiger partial charge in [0.05, 0.1) is 5.56 Å². The third-order valence-electron chi connectivity index (χ3n) is 3.31. The Balaban J connectivity index is 2.00. The number of hydrogen-bond acceptors (Lipinski definition) is 2. The molecule has 0 heterocycles. The molecule has 0 aliphatic heterocycles. The van der Waals surface area contributed by atoms with Crippen molar-refractivity contribution >= 4 is 16.7 Å². The molecule has 0 N–H and O–H groups in total. The molecule has 0 saturated carbocycles. The molecule has 2 heteroatoms. The van der Waals surface area contributed by atoms with E-state index in [1.54, 1.807) is 12.1 Å². The molecule has 2 nitrogen and oxygen atoms in total. The van der Waals surface area contributed by atoms with Crippen molar-refractivity contribution in [3.05, 3.63) is 77.9 Å². The van der Waals surface area contributed by atoms with Crippen LogP contribution in [-0.4, -0.2) is 5.97 Å². The van der Waals surface area contributed by atoms with Gasteiger partial charge in [-0.15, -0.1) is 0 Å². The molecule has 0 spiro atoms. The normalized spacial score (nSPS) is 10.4. The summed E-state index contributed by atoms with van der Waals surface area (Å²) in [6.07, 6.45) is 0. The molecule has 0 aliphatic carbocycles. The first-order chi connectivity index (χ1) is 9.75. The molecule has 0 atom stereocenters. The van der Waals surface area contributed by atoms with E-state index in [9.17, 15) is 4.79 Å². The molecule has 3 rings (SSSR count). The smallest absolute Gasteiger partial charge is 0.343 e. The monoisotopic (exact) mass is 262 g/mol. The minimum atomic E-state index is -0.334. The number of rotatable bonds is 2. The van der Waals surface area contributed by atoms with Gasteiger partial charge in [0.2, 0.25) is 0 Å². The molecule has 0 unspecified atom stereocenters. The van der Waals surface area contributed by atoms with Crippen LogP contribution in [0.15, 0.2) is 66.7 Å². The molecule has 0 radical (unpaired) electrons. The van der Waals surface area contributed by atoms with Crippen molar-refractivity contribution < 1.29 is 9.53 Å². The van der Waals surface area contributed by atoms with Crippen molar-refractivity contribution in [3.8, 4) is 5.75 Å². The summed E-state index contributed by atoms with van der Waals surface area (Å²) in [6.45, 7) is 2.05. The van der Waals surface area contributed by atoms with Gasteiger partial charge in [0.15, 0.2) is 0 Å². The lowest BCUT2D eigenvalue weighted by Crippen LogP contribution is -2.08. The van der Waals surface area contributed by atoms with E-state index in [1.165, 1.54) is 5.56 Å². The Morgan fingerprint density at radius 2 is 1.45 bits per heavy atom. The topological polar surface area (TPSA) is 26.3 Å². The number of ether oxygens (including phenoxy) is 1. The van der Waals surface area contributed by atoms with Crippen LogP contribution in [0.2, 0.25) is 0 Å². The molecule has 0 amide bonds. The van der Waals surface area contributed by atoms with E-state index in [4.69, 9.17) is 4.74 Å². The maximum atomic E-state index is 12.1. The largest absolute Gasteiger partial charge is 0.422 e. The second kappa shape index (κ2) is 5.17. The van der Waals surface area contributed by atoms with Crippen LogP contribution in [0.25, 0.3) is 10.8 Å². The van der Waals surface area contributed by atoms with E-state index in [-0.39, 0.29) is 5.97 Å². The highest BCUT2D eigenvalue weighted by molar-refractivity contribution is 5.96. The Morgan fingerprint density at radius 3 is 2.20 bits per heavy atom. The van der Waals surface area contributed by atoms with E-state index < -0.39 is 0 Å². The number of esters is 1. The van der Waals surface area contributed by atoms with Crippen molar-refractivity contribution in [2.24, 2.45) is 0 Å². The second-order valence-electron chi connectivity index (χ2n) is 4.68. The zero-order valence-electron chi connectivity index (χ0n) is 11.2. The van der Waals surface area contributed by atoms with Crippen LogP contribution in [0, 0.1) is 6.92 Å². The molecule has 0 aromatic heterocycles. The summed E-state index contributed by atoms with van der Waals surface area (Å²) in [5, 5.41) is 2.06. The minimum absolute atomic E-state index is 0.334. The molecule has 98 valence electrons. The van der Waals surface area contributed by atoms with Crippen LogP contribution in [0.3, 0.4) is 0 Å². The fourth-order valence-corrected chi connectivity index (χ4v) is 2.24. The highest BCUT2D eigenvalue weighted by Gasteiger charge is 2.10. The average molecular weight is 262 g/mol. The van der Waals surface area contributed by atoms with Crippen LogP contribution in [-0.2, 0) is 0 Å². The molecule has 3 aromatic rings. The Hall–Kier alpha value is -2.61. The predicted molar refractivity (Wildman–Crippen MR) is 80.1 cm³/mol. The number of carbonyl (C=O) groups excluding carboxylic acids is 1. The first-order valence-corrected chi connectivity index (χ1v) is 6.51. The number of aryl methyl sites for hydroxylation is 1. The third-order valence-corrected chi connectivity index (χ3v) is 3.31. The summed E-state index contributed by atoms with van der Waals surface area (Å²) in [5.74, 6) is 0.264. The first-order valence-electron chi connectivity index (χ1n) is 6.51. The maximum absolute atomic E-state index is 12.1. The summed E-state index contributed by atoms with van der Waals surface area (Å²) in [4.78, 5) is 12.1. The summed E-state index contributed by atoms with van der Waals surface area (Å²) in [7, 11) is 0. The van der Waals surface area contributed by atoms with Gasteiger partial charge in [-0.2, -0.15) is 0 Å². The average Bonchev–Trinajstić information content (AvgIpc) is 2.51. The van der Waals surface area contributed by atoms with Gasteiger partial charge in [-0.25, -0.2) is 4.79 Å². The highest BCUT2D eigenvalue weighted by atomic mass is 16.5. The number of hydrogen-bond donors (Lipinski definition) is 0. The highest BCUT2D eigenvalue weighted by Crippen LogP contribution is 2.28. The van der Waals surface area contributed by atoms with Crippen molar-refractivity contribution in [2.45, 2.75) is 6.92 Å². The van der Waals surface area contributed by atoms with Gasteiger partial charge >= 0.3 is 5.97 Å². The lowest BCUT2D eigenvalue weighted by atomic mass is 10.0. The van der Waals surface area contributed by atoms with E-state index in [2.05, 4.69) is 0 Å². The molecule has 3 aromatic carbocycles. The summed E-state index contributed by atoms with van der Waals surface area (Å²) in [5.41, 5.74) is 1.72. The fourth-order valence-electron chi connectivity index (χ4n) is 2.24. The molecule has 0 aliphatic rings. The SMILES string of the molecule is Cc1ccc(OC(=O)c2ccccc2)c2ccccc12. The first kappa shape index (κ1) is 12.4. The molecule has 20 heavy (non-hydrogen) atoms. The third kappa shape index (κ3) is 2.28. The van der Waals surface area contributed by atoms with Crippen LogP contribution < -0.4 is 4.74 Å². The lowest BCUT2D eigenvalue weighted by Gasteiger charge is -2.09. The summed E-state index contributed by atoms with van der Waals surface area (Å²) < 4.78 is 5.53. The number of fused-ring (bicyclic) bond motifs is 1. The molecule has 0 bridgehead atoms. The molecular formula is C18H14O2. The Labute approximate surface area is 117 Å². The van der Waals surface area contributed by atoms with Gasteiger partial charge in [0.1, 0.15) is 5.75 Å². The van der Waals surface area contributed by atoms with Crippen molar-refractivity contribution in [1.29, 1.82) is 0 Å². The fraction of sp³-hybridized carbons (Fsp3) is 0.0556. The van der Waals surface area contributed by atoms with Crippen molar-refractivity contribution in [3.63, 3.8) is 0 Å². The summed E-state index contributed by atoms with van der Waals surface area (Å²) >= 11 is 0. The predicted octanol–water partition coefficient (Wildman–Crippen LogP) is 4.37. The van der Waals surface area contributed by atoms with Crippen molar-refractivity contribution in [2.75, 3.05) is 0 Å². The Kier molecular flexibility index (Phi) is 3.21. The summed E-state index contributed by atoms with van der Waals surface area (Å²) in [6, 6.07) is 20.8. The maximum Gasteiger partial charge on any atom is 0.343 e. The Morgan fingerprint density at radius 1 is 0.800 bits per heavy atom. The van der Waals surface area contributed by atoms with Crippen LogP contribution in [0.1, 0.15) is 15.9 Å². The zero-order chi connectivity index (χ0) is 13.9. The van der Waals surface area contributed by atoms with E-state index in [0.29, 0.717) is 11.3 Å². The van der Waals surface area contributed by atoms with Crippen LogP contribution >= 0.6 is 0 Å². The van der Waals surface area contributed by atoms with E-state index >= 15 is 0 Å². The number of carbonyl (C=O) groups is 1. The van der Waals surface area contributed by atoms with Crippen LogP contribution in [0.4, 0.5) is 0 Å². The second-order valence-corrected chi connectivity index (χ2v) is 4.68. The lowest BCUT2D eigenvalue weighted by molar-refractivity contribution is 0.0737.